The lowest BCUT2D eigenvalue weighted by molar-refractivity contribution is -0.159. The molecule has 2 amide bonds. The quantitative estimate of drug-likeness (QED) is 0.0280. The largest absolute Gasteiger partial charge is 0.495 e. The van der Waals surface area contributed by atoms with Crippen molar-refractivity contribution in [2.24, 2.45) is 27.7 Å². The number of aromatic nitrogens is 2. The van der Waals surface area contributed by atoms with Crippen LogP contribution in [0.4, 0.5) is 22.7 Å². The lowest BCUT2D eigenvalue weighted by atomic mass is 9.60. The summed E-state index contributed by atoms with van der Waals surface area (Å²) in [6, 6.07) is 15.5. The molecule has 3 aromatic carbocycles. The third-order valence-corrected chi connectivity index (χ3v) is 16.5. The zero-order valence-corrected chi connectivity index (χ0v) is 48.1. The van der Waals surface area contributed by atoms with Crippen LogP contribution in [-0.4, -0.2) is 80.6 Å². The van der Waals surface area contributed by atoms with Gasteiger partial charge in [-0.05, 0) is 111 Å². The van der Waals surface area contributed by atoms with Gasteiger partial charge in [0.1, 0.15) is 17.4 Å². The summed E-state index contributed by atoms with van der Waals surface area (Å²) in [6.45, 7) is 20.6. The molecule has 1 saturated carbocycles. The van der Waals surface area contributed by atoms with Crippen LogP contribution in [0.15, 0.2) is 64.4 Å². The number of benzene rings is 3. The molecule has 1 aliphatic rings. The summed E-state index contributed by atoms with van der Waals surface area (Å²) >= 11 is 6.55. The highest BCUT2D eigenvalue weighted by atomic mass is 35.5. The number of rotatable bonds is 28. The first kappa shape index (κ1) is 60.5. The Labute approximate surface area is 451 Å². The van der Waals surface area contributed by atoms with Crippen molar-refractivity contribution in [2.75, 3.05) is 48.5 Å². The van der Waals surface area contributed by atoms with Crippen molar-refractivity contribution >= 4 is 78.8 Å². The number of aliphatic imine (C=N–C) groups is 1. The Hall–Kier alpha value is -5.32. The van der Waals surface area contributed by atoms with Crippen LogP contribution in [-0.2, 0) is 35.7 Å². The van der Waals surface area contributed by atoms with E-state index in [4.69, 9.17) is 31.1 Å². The van der Waals surface area contributed by atoms with Crippen LogP contribution in [0.3, 0.4) is 0 Å². The minimum Gasteiger partial charge on any atom is -0.495 e. The molecule has 4 aromatic rings. The van der Waals surface area contributed by atoms with E-state index in [0.29, 0.717) is 60.5 Å². The molecular formula is C58H84ClN7O8S. The van der Waals surface area contributed by atoms with Crippen LogP contribution in [0.5, 0.6) is 5.75 Å². The number of methoxy groups -OCH3 is 1. The number of amides is 2. The van der Waals surface area contributed by atoms with Gasteiger partial charge in [0.25, 0.3) is 11.5 Å². The Morgan fingerprint density at radius 2 is 1.55 bits per heavy atom. The van der Waals surface area contributed by atoms with Crippen molar-refractivity contribution in [2.45, 2.75) is 165 Å². The maximum atomic E-state index is 14.8. The Balaban J connectivity index is 1.33. The van der Waals surface area contributed by atoms with E-state index in [0.717, 1.165) is 89.0 Å². The smallest absolute Gasteiger partial charge is 0.306 e. The van der Waals surface area contributed by atoms with Gasteiger partial charge in [0.15, 0.2) is 11.5 Å². The third kappa shape index (κ3) is 17.1. The Kier molecular flexibility index (Phi) is 22.3. The minimum atomic E-state index is -3.37. The Bertz CT molecular complexity index is 2810. The van der Waals surface area contributed by atoms with Gasteiger partial charge in [0.2, 0.25) is 15.9 Å². The van der Waals surface area contributed by atoms with Crippen LogP contribution in [0, 0.1) is 29.6 Å². The molecule has 3 atom stereocenters. The number of nitrogens with zero attached hydrogens (tertiary/aromatic N) is 4. The number of ether oxygens (including phenoxy) is 2. The number of sulfonamides is 1. The van der Waals surface area contributed by atoms with Gasteiger partial charge in [0, 0.05) is 56.2 Å². The van der Waals surface area contributed by atoms with Crippen molar-refractivity contribution in [1.82, 2.24) is 14.3 Å². The number of para-hydroxylation sites is 2. The van der Waals surface area contributed by atoms with Crippen molar-refractivity contribution < 1.29 is 32.3 Å². The number of carbonyl (C=O) groups excluding carboxylic acids is 3. The first-order valence-corrected chi connectivity index (χ1v) is 29.3. The van der Waals surface area contributed by atoms with E-state index in [1.807, 2.05) is 30.9 Å². The summed E-state index contributed by atoms with van der Waals surface area (Å²) in [5, 5.41) is 6.09. The molecule has 1 fully saturated rings. The van der Waals surface area contributed by atoms with Crippen LogP contribution in [0.2, 0.25) is 5.02 Å². The zero-order valence-electron chi connectivity index (χ0n) is 46.5. The second-order valence-electron chi connectivity index (χ2n) is 21.7. The standard InChI is InChI=1S/C58H84ClN7O8S/c1-12-57(6,7)41-28-31-49(45(36-41)58(8,9)13-2)74-51(68)27-21-19-17-15-16-18-20-24-33-66-54(64-52-44(56(66)70)37-42(59)38-48(52)61-40(5)67)53(55(69)63-47-25-22-23-26-50(47)73-10)62-46-30-29-43(35-39(46)4)65(14-3)34-32-60-75(11,71)72/h22-23,25-26,29-30,35,37-38,41,45,49,60H,12-21,24,27-28,31-34,36H2,1-11H3,(H,61,67)(H,63,69). The fourth-order valence-corrected chi connectivity index (χ4v) is 10.9. The maximum absolute atomic E-state index is 14.8. The molecule has 0 spiro atoms. The zero-order chi connectivity index (χ0) is 55.1. The van der Waals surface area contributed by atoms with Crippen LogP contribution >= 0.6 is 11.6 Å². The monoisotopic (exact) mass is 1070 g/mol. The number of aryl methyl sites for hydroxylation is 1. The number of carbonyl (C=O) groups is 3. The van der Waals surface area contributed by atoms with E-state index in [2.05, 4.69) is 56.9 Å². The lowest BCUT2D eigenvalue weighted by Gasteiger charge is -2.48. The number of esters is 1. The van der Waals surface area contributed by atoms with E-state index in [-0.39, 0.29) is 69.1 Å². The number of nitrogens with one attached hydrogen (secondary N) is 3. The second-order valence-corrected chi connectivity index (χ2v) is 23.9. The summed E-state index contributed by atoms with van der Waals surface area (Å²) in [7, 11) is -1.87. The first-order valence-electron chi connectivity index (χ1n) is 27.1. The lowest BCUT2D eigenvalue weighted by Crippen LogP contribution is -2.44. The average molecular weight is 1070 g/mol. The average Bonchev–Trinajstić information content (AvgIpc) is 3.36. The summed E-state index contributed by atoms with van der Waals surface area (Å²) in [4.78, 5) is 67.1. The SMILES string of the molecule is CCN(CCNS(C)(=O)=O)c1ccc(N=C(C(=O)Nc2ccccc2OC)c2nc3c(NC(C)=O)cc(Cl)cc3c(=O)n2CCCCCCCCCCC(=O)OC2CCC(C(C)(C)CC)CC2C(C)(C)CC)c(C)c1. The molecule has 75 heavy (non-hydrogen) atoms. The van der Waals surface area contributed by atoms with Gasteiger partial charge in [-0.3, -0.25) is 23.7 Å². The third-order valence-electron chi connectivity index (χ3n) is 15.5. The molecule has 3 unspecified atom stereocenters. The molecule has 0 radical (unpaired) electrons. The molecule has 1 heterocycles. The number of likely N-dealkylation sites (N-methyl/N-ethyl adjacent to an activating group) is 1. The summed E-state index contributed by atoms with van der Waals surface area (Å²) in [5.74, 6) is 0.270. The van der Waals surface area contributed by atoms with Crippen molar-refractivity contribution in [3.05, 3.63) is 81.4 Å². The second kappa shape index (κ2) is 27.6. The molecule has 17 heteroatoms. The van der Waals surface area contributed by atoms with Crippen molar-refractivity contribution in [3.63, 3.8) is 0 Å². The molecule has 0 bridgehead atoms. The minimum absolute atomic E-state index is 0.00409. The highest BCUT2D eigenvalue weighted by Crippen LogP contribution is 2.49. The van der Waals surface area contributed by atoms with E-state index in [1.165, 1.54) is 30.7 Å². The molecule has 1 aromatic heterocycles. The van der Waals surface area contributed by atoms with Gasteiger partial charge < -0.3 is 25.0 Å². The fourth-order valence-electron chi connectivity index (χ4n) is 10.2. The number of unbranched alkanes of at least 4 members (excludes halogenated alkanes) is 7. The van der Waals surface area contributed by atoms with Crippen molar-refractivity contribution in [1.29, 1.82) is 0 Å². The molecule has 15 nitrogen and oxygen atoms in total. The van der Waals surface area contributed by atoms with Gasteiger partial charge in [-0.15, -0.1) is 0 Å². The predicted molar refractivity (Wildman–Crippen MR) is 305 cm³/mol. The number of halogens is 1. The van der Waals surface area contributed by atoms with Crippen LogP contribution < -0.4 is 30.6 Å². The molecule has 0 aliphatic heterocycles. The Morgan fingerprint density at radius 3 is 2.17 bits per heavy atom. The fraction of sp³-hybridized carbons (Fsp3) is 0.586. The van der Waals surface area contributed by atoms with Crippen LogP contribution in [0.25, 0.3) is 10.9 Å². The predicted octanol–water partition coefficient (Wildman–Crippen LogP) is 12.2. The summed E-state index contributed by atoms with van der Waals surface area (Å²) in [6.07, 6.45) is 13.9. The van der Waals surface area contributed by atoms with Gasteiger partial charge in [-0.2, -0.15) is 0 Å². The van der Waals surface area contributed by atoms with Gasteiger partial charge in [0.05, 0.1) is 35.8 Å². The highest BCUT2D eigenvalue weighted by Gasteiger charge is 2.44. The van der Waals surface area contributed by atoms with E-state index in [9.17, 15) is 27.6 Å². The molecule has 1 aliphatic carbocycles. The number of anilines is 3. The summed E-state index contributed by atoms with van der Waals surface area (Å²) in [5.41, 5.74) is 2.48. The Morgan fingerprint density at radius 1 is 0.880 bits per heavy atom. The molecule has 412 valence electrons. The molecular weight excluding hydrogens is 990 g/mol. The number of hydrogen-bond acceptors (Lipinski definition) is 11. The van der Waals surface area contributed by atoms with Gasteiger partial charge >= 0.3 is 5.97 Å². The normalized spacial score (nSPS) is 16.4. The number of hydrogen-bond donors (Lipinski definition) is 3. The van der Waals surface area contributed by atoms with Gasteiger partial charge in [-0.1, -0.05) is 117 Å². The van der Waals surface area contributed by atoms with E-state index in [1.54, 1.807) is 30.3 Å². The number of fused-ring (bicyclic) bond motifs is 1. The van der Waals surface area contributed by atoms with E-state index >= 15 is 0 Å². The molecule has 0 saturated heterocycles. The van der Waals surface area contributed by atoms with Gasteiger partial charge in [-0.25, -0.2) is 23.1 Å². The van der Waals surface area contributed by atoms with E-state index < -0.39 is 27.4 Å². The topological polar surface area (TPSA) is 190 Å². The first-order chi connectivity index (χ1) is 35.5. The molecule has 3 N–H and O–H groups in total. The van der Waals surface area contributed by atoms with Crippen molar-refractivity contribution in [3.8, 4) is 5.75 Å². The van der Waals surface area contributed by atoms with Crippen LogP contribution in [0.1, 0.15) is 157 Å². The highest BCUT2D eigenvalue weighted by molar-refractivity contribution is 7.88. The maximum Gasteiger partial charge on any atom is 0.306 e. The molecule has 5 rings (SSSR count). The summed E-state index contributed by atoms with van der Waals surface area (Å²) < 4.78 is 39.4.